The largest absolute Gasteiger partial charge is 0.493 e. The van der Waals surface area contributed by atoms with Crippen molar-refractivity contribution in [2.75, 3.05) is 13.2 Å². The molecule has 0 saturated carbocycles. The van der Waals surface area contributed by atoms with E-state index in [2.05, 4.69) is 5.32 Å². The van der Waals surface area contributed by atoms with E-state index in [-0.39, 0.29) is 46.5 Å². The van der Waals surface area contributed by atoms with Gasteiger partial charge in [-0.05, 0) is 51.3 Å². The summed E-state index contributed by atoms with van der Waals surface area (Å²) in [6.45, 7) is 10.3. The molecule has 0 bridgehead atoms. The molecule has 8 heteroatoms. The first-order valence-electron chi connectivity index (χ1n) is 10.2. The van der Waals surface area contributed by atoms with Crippen LogP contribution in [0.15, 0.2) is 23.8 Å². The van der Waals surface area contributed by atoms with Gasteiger partial charge in [0, 0.05) is 58.6 Å². The number of carboxylic acid groups (broad SMARTS) is 1. The third-order valence-corrected chi connectivity index (χ3v) is 5.32. The minimum atomic E-state index is -1.21. The van der Waals surface area contributed by atoms with Crippen LogP contribution in [0.5, 0.6) is 5.75 Å². The zero-order valence-electron chi connectivity index (χ0n) is 19.1. The Morgan fingerprint density at radius 2 is 1.97 bits per heavy atom. The van der Waals surface area contributed by atoms with Crippen molar-refractivity contribution in [2.24, 2.45) is 5.41 Å². The van der Waals surface area contributed by atoms with E-state index in [9.17, 15) is 19.5 Å². The van der Waals surface area contributed by atoms with Crippen molar-refractivity contribution in [1.82, 2.24) is 5.32 Å². The van der Waals surface area contributed by atoms with Gasteiger partial charge < -0.3 is 19.9 Å². The van der Waals surface area contributed by atoms with Gasteiger partial charge >= 0.3 is 12.1 Å². The maximum atomic E-state index is 12.8. The molecule has 0 spiro atoms. The number of rotatable bonds is 5. The molecule has 1 aliphatic carbocycles. The summed E-state index contributed by atoms with van der Waals surface area (Å²) in [5.41, 5.74) is 0.993. The molecule has 3 rings (SSSR count). The molecule has 1 heterocycles. The molecule has 1 amide bonds. The number of aryl methyl sites for hydroxylation is 1. The van der Waals surface area contributed by atoms with Crippen molar-refractivity contribution < 1.29 is 29.0 Å². The fourth-order valence-corrected chi connectivity index (χ4v) is 3.86. The number of hydrogen-bond donors (Lipinski definition) is 2. The number of aliphatic carboxylic acids is 1. The third kappa shape index (κ3) is 5.70. The number of ketones is 1. The zero-order valence-corrected chi connectivity index (χ0v) is 21.1. The summed E-state index contributed by atoms with van der Waals surface area (Å²) in [6.07, 6.45) is 2.35. The zero-order chi connectivity index (χ0) is 22.3. The van der Waals surface area contributed by atoms with E-state index in [1.807, 2.05) is 19.9 Å². The second-order valence-electron chi connectivity index (χ2n) is 9.56. The van der Waals surface area contributed by atoms with Crippen LogP contribution in [0.2, 0.25) is 0 Å². The third-order valence-electron chi connectivity index (χ3n) is 5.32. The van der Waals surface area contributed by atoms with E-state index in [4.69, 9.17) is 9.47 Å². The number of Topliss-reactive ketones (excluding diaryl/α,β-unsaturated/α-hetero) is 1. The Labute approximate surface area is 204 Å². The van der Waals surface area contributed by atoms with Gasteiger partial charge in [-0.25, -0.2) is 9.59 Å². The molecular weight excluding hydrogens is 409 g/mol. The fourth-order valence-electron chi connectivity index (χ4n) is 3.86. The van der Waals surface area contributed by atoms with Crippen molar-refractivity contribution >= 4 is 47.4 Å². The van der Waals surface area contributed by atoms with Crippen LogP contribution in [0.4, 0.5) is 4.79 Å². The first-order chi connectivity index (χ1) is 13.9. The Balaban J connectivity index is 0.00000341. The number of carboxylic acids is 1. The van der Waals surface area contributed by atoms with Crippen molar-refractivity contribution in [1.29, 1.82) is 0 Å². The number of benzene rings is 1. The Hall–Kier alpha value is -1.83. The van der Waals surface area contributed by atoms with Crippen LogP contribution < -0.4 is 10.1 Å². The molecule has 2 N–H and O–H groups in total. The molecule has 1 radical (unpaired) electrons. The van der Waals surface area contributed by atoms with Crippen LogP contribution in [0.3, 0.4) is 0 Å². The quantitative estimate of drug-likeness (QED) is 0.415. The second-order valence-corrected chi connectivity index (χ2v) is 9.56. The van der Waals surface area contributed by atoms with Gasteiger partial charge in [0.2, 0.25) is 0 Å². The molecule has 0 fully saturated rings. The summed E-state index contributed by atoms with van der Waals surface area (Å²) in [7, 11) is 0. The van der Waals surface area contributed by atoms with E-state index < -0.39 is 23.4 Å². The molecule has 1 aromatic carbocycles. The normalized spacial score (nSPS) is 18.7. The monoisotopic (exact) mass is 438 g/mol. The minimum absolute atomic E-state index is 0. The first kappa shape index (κ1) is 25.4. The van der Waals surface area contributed by atoms with Crippen molar-refractivity contribution in [3.05, 3.63) is 40.5 Å². The number of nitrogens with one attached hydrogen (secondary N) is 1. The second kappa shape index (κ2) is 9.35. The molecule has 0 saturated heterocycles. The molecule has 1 atom stereocenters. The molecule has 7 nitrogen and oxygen atoms in total. The van der Waals surface area contributed by atoms with Gasteiger partial charge in [0.05, 0.1) is 6.61 Å². The summed E-state index contributed by atoms with van der Waals surface area (Å²) in [5.74, 6) is -1.24. The van der Waals surface area contributed by atoms with Crippen molar-refractivity contribution in [3.8, 4) is 5.75 Å². The van der Waals surface area contributed by atoms with Gasteiger partial charge in [-0.1, -0.05) is 19.9 Å². The van der Waals surface area contributed by atoms with Crippen molar-refractivity contribution in [3.63, 3.8) is 0 Å². The number of alkyl carbamates (subject to hydrolysis) is 1. The molecule has 1 aromatic rings. The Morgan fingerprint density at radius 3 is 2.58 bits per heavy atom. The van der Waals surface area contributed by atoms with Gasteiger partial charge in [-0.2, -0.15) is 0 Å². The van der Waals surface area contributed by atoms with Crippen LogP contribution in [-0.2, 0) is 16.0 Å². The van der Waals surface area contributed by atoms with Crippen LogP contribution in [-0.4, -0.2) is 71.3 Å². The van der Waals surface area contributed by atoms with Gasteiger partial charge in [-0.3, -0.25) is 4.79 Å². The van der Waals surface area contributed by atoms with Crippen LogP contribution >= 0.6 is 0 Å². The average Bonchev–Trinajstić information content (AvgIpc) is 2.61. The Kier molecular flexibility index (Phi) is 7.67. The number of allylic oxidation sites excluding steroid dienone is 1. The number of ether oxygens (including phenoxy) is 2. The van der Waals surface area contributed by atoms with Gasteiger partial charge in [-0.15, -0.1) is 0 Å². The number of hydrogen-bond acceptors (Lipinski definition) is 5. The van der Waals surface area contributed by atoms with E-state index >= 15 is 0 Å². The number of carbonyl (C=O) groups excluding carboxylic acids is 2. The molecule has 1 unspecified atom stereocenters. The molecule has 2 aliphatic rings. The Morgan fingerprint density at radius 1 is 1.29 bits per heavy atom. The molecule has 1 aliphatic heterocycles. The molecule has 163 valence electrons. The standard InChI is InChI=1S/C23H29NO6.Na/c1-22(2,3)30-21(28)24-8-6-7-13-9-14-18-16(11-15(19(14)25)20(26)27)23(4,5)12-29-17(18)10-13;/h9-11,16H,6-8,12H2,1-5H3,(H,24,28)(H,26,27);. The van der Waals surface area contributed by atoms with E-state index in [1.165, 1.54) is 0 Å². The molecule has 31 heavy (non-hydrogen) atoms. The van der Waals surface area contributed by atoms with Gasteiger partial charge in [0.1, 0.15) is 16.9 Å². The van der Waals surface area contributed by atoms with Crippen LogP contribution in [0, 0.1) is 5.41 Å². The maximum absolute atomic E-state index is 12.8. The summed E-state index contributed by atoms with van der Waals surface area (Å²) in [5, 5.41) is 12.2. The fraction of sp³-hybridized carbons (Fsp3) is 0.522. The number of amides is 1. The Bertz CT molecular complexity index is 929. The average molecular weight is 438 g/mol. The summed E-state index contributed by atoms with van der Waals surface area (Å²) in [4.78, 5) is 36.2. The summed E-state index contributed by atoms with van der Waals surface area (Å²) in [6, 6.07) is 3.68. The maximum Gasteiger partial charge on any atom is 0.407 e. The minimum Gasteiger partial charge on any atom is -0.493 e. The topological polar surface area (TPSA) is 102 Å². The van der Waals surface area contributed by atoms with Crippen LogP contribution in [0.1, 0.15) is 68.4 Å². The van der Waals surface area contributed by atoms with Gasteiger partial charge in [0.15, 0.2) is 5.78 Å². The smallest absolute Gasteiger partial charge is 0.407 e. The van der Waals surface area contributed by atoms with Gasteiger partial charge in [0.25, 0.3) is 0 Å². The van der Waals surface area contributed by atoms with E-state index in [0.717, 1.165) is 11.1 Å². The first-order valence-corrected chi connectivity index (χ1v) is 10.2. The summed E-state index contributed by atoms with van der Waals surface area (Å²) < 4.78 is 11.2. The van der Waals surface area contributed by atoms with E-state index in [0.29, 0.717) is 37.3 Å². The number of carbonyl (C=O) groups is 3. The summed E-state index contributed by atoms with van der Waals surface area (Å²) >= 11 is 0. The van der Waals surface area contributed by atoms with E-state index in [1.54, 1.807) is 32.9 Å². The molecule has 0 aromatic heterocycles. The predicted octanol–water partition coefficient (Wildman–Crippen LogP) is 3.47. The SMILES string of the molecule is CC(C)(C)OC(=O)NCCCc1cc2c3c(c1)C(=O)C(C(=O)O)=CC3C(C)(C)CO2.[Na]. The molecular formula is C23H29NNaO6. The predicted molar refractivity (Wildman–Crippen MR) is 117 cm³/mol. The van der Waals surface area contributed by atoms with Crippen LogP contribution in [0.25, 0.3) is 0 Å². The van der Waals surface area contributed by atoms with Crippen molar-refractivity contribution in [2.45, 2.75) is 59.0 Å².